The van der Waals surface area contributed by atoms with Crippen molar-refractivity contribution in [2.24, 2.45) is 5.92 Å². The van der Waals surface area contributed by atoms with Crippen LogP contribution in [-0.4, -0.2) is 35.7 Å². The van der Waals surface area contributed by atoms with Gasteiger partial charge in [-0.15, -0.1) is 11.3 Å². The second-order valence-corrected chi connectivity index (χ2v) is 8.70. The molecule has 1 amide bonds. The quantitative estimate of drug-likeness (QED) is 0.537. The van der Waals surface area contributed by atoms with Gasteiger partial charge in [-0.25, -0.2) is 9.18 Å². The average Bonchev–Trinajstić information content (AvgIpc) is 3.23. The molecule has 170 valence electrons. The van der Waals surface area contributed by atoms with Gasteiger partial charge in [0.25, 0.3) is 11.5 Å². The van der Waals surface area contributed by atoms with Gasteiger partial charge in [0.1, 0.15) is 11.6 Å². The van der Waals surface area contributed by atoms with Crippen LogP contribution in [-0.2, 0) is 11.3 Å². The molecule has 1 aromatic carbocycles. The van der Waals surface area contributed by atoms with E-state index >= 15 is 0 Å². The highest BCUT2D eigenvalue weighted by Gasteiger charge is 2.26. The number of nitrogens with one attached hydrogen (secondary N) is 1. The normalized spacial score (nSPS) is 11.2. The zero-order valence-electron chi connectivity index (χ0n) is 18.1. The molecule has 8 nitrogen and oxygen atoms in total. The standard InChI is InChI=1S/C22H25FN4O4S/c1-13(2)12-27-19(24)18(20(28)25-22(27)30)26(10-11-31-3)21(29)17-9-8-16(32-17)14-4-6-15(23)7-5-14/h4-9,13H,10-12,24H2,1-3H3,(H,25,28,30). The van der Waals surface area contributed by atoms with E-state index in [1.165, 1.54) is 40.0 Å². The highest BCUT2D eigenvalue weighted by molar-refractivity contribution is 7.17. The number of nitrogens with two attached hydrogens (primary N) is 1. The number of ether oxygens (including phenoxy) is 1. The molecule has 0 spiro atoms. The number of amides is 1. The van der Waals surface area contributed by atoms with Crippen molar-refractivity contribution in [1.29, 1.82) is 0 Å². The minimum Gasteiger partial charge on any atom is -0.383 e. The molecule has 0 saturated carbocycles. The van der Waals surface area contributed by atoms with E-state index in [1.807, 2.05) is 13.8 Å². The zero-order valence-corrected chi connectivity index (χ0v) is 18.9. The molecule has 32 heavy (non-hydrogen) atoms. The van der Waals surface area contributed by atoms with Gasteiger partial charge in [-0.1, -0.05) is 26.0 Å². The van der Waals surface area contributed by atoms with Crippen LogP contribution in [0.2, 0.25) is 0 Å². The number of nitrogen functional groups attached to an aromatic ring is 1. The van der Waals surface area contributed by atoms with E-state index < -0.39 is 17.2 Å². The van der Waals surface area contributed by atoms with E-state index in [0.29, 0.717) is 4.88 Å². The third-order valence-corrected chi connectivity index (χ3v) is 5.86. The summed E-state index contributed by atoms with van der Waals surface area (Å²) in [6.45, 7) is 4.32. The minimum atomic E-state index is -0.743. The number of hydrogen-bond donors (Lipinski definition) is 2. The monoisotopic (exact) mass is 460 g/mol. The van der Waals surface area contributed by atoms with Gasteiger partial charge in [-0.05, 0) is 35.7 Å². The number of carbonyl (C=O) groups is 1. The lowest BCUT2D eigenvalue weighted by atomic mass is 10.2. The number of anilines is 2. The number of H-pyrrole nitrogens is 1. The Kier molecular flexibility index (Phi) is 7.26. The van der Waals surface area contributed by atoms with Gasteiger partial charge in [-0.3, -0.25) is 24.0 Å². The minimum absolute atomic E-state index is 0.0618. The first-order chi connectivity index (χ1) is 15.2. The maximum absolute atomic E-state index is 13.4. The number of aromatic nitrogens is 2. The van der Waals surface area contributed by atoms with Crippen LogP contribution >= 0.6 is 11.3 Å². The largest absolute Gasteiger partial charge is 0.383 e. The van der Waals surface area contributed by atoms with E-state index in [4.69, 9.17) is 10.5 Å². The van der Waals surface area contributed by atoms with Crippen LogP contribution < -0.4 is 21.9 Å². The second-order valence-electron chi connectivity index (χ2n) is 7.62. The third kappa shape index (κ3) is 4.97. The fourth-order valence-electron chi connectivity index (χ4n) is 3.24. The predicted molar refractivity (Wildman–Crippen MR) is 124 cm³/mol. The fourth-order valence-corrected chi connectivity index (χ4v) is 4.20. The molecule has 3 N–H and O–H groups in total. The van der Waals surface area contributed by atoms with Crippen molar-refractivity contribution >= 4 is 28.7 Å². The van der Waals surface area contributed by atoms with Crippen LogP contribution in [0.1, 0.15) is 23.5 Å². The Bertz CT molecular complexity index is 1210. The highest BCUT2D eigenvalue weighted by Crippen LogP contribution is 2.30. The van der Waals surface area contributed by atoms with Crippen LogP contribution in [0, 0.1) is 11.7 Å². The summed E-state index contributed by atoms with van der Waals surface area (Å²) >= 11 is 1.21. The zero-order chi connectivity index (χ0) is 23.4. The molecule has 0 bridgehead atoms. The van der Waals surface area contributed by atoms with E-state index in [9.17, 15) is 18.8 Å². The molecular formula is C22H25FN4O4S. The van der Waals surface area contributed by atoms with E-state index in [0.717, 1.165) is 10.4 Å². The summed E-state index contributed by atoms with van der Waals surface area (Å²) in [5, 5.41) is 0. The van der Waals surface area contributed by atoms with Crippen LogP contribution in [0.4, 0.5) is 15.9 Å². The molecule has 2 heterocycles. The predicted octanol–water partition coefficient (Wildman–Crippen LogP) is 2.94. The van der Waals surface area contributed by atoms with Gasteiger partial charge in [0, 0.05) is 25.1 Å². The molecule has 0 unspecified atom stereocenters. The smallest absolute Gasteiger partial charge is 0.330 e. The van der Waals surface area contributed by atoms with Crippen LogP contribution in [0.3, 0.4) is 0 Å². The van der Waals surface area contributed by atoms with E-state index in [-0.39, 0.29) is 42.9 Å². The number of benzene rings is 1. The molecule has 0 radical (unpaired) electrons. The van der Waals surface area contributed by atoms with E-state index in [1.54, 1.807) is 24.3 Å². The van der Waals surface area contributed by atoms with Crippen molar-refractivity contribution in [3.63, 3.8) is 0 Å². The van der Waals surface area contributed by atoms with Crippen LogP contribution in [0.5, 0.6) is 0 Å². The van der Waals surface area contributed by atoms with Crippen molar-refractivity contribution in [2.75, 3.05) is 30.9 Å². The van der Waals surface area contributed by atoms with Gasteiger partial charge >= 0.3 is 5.69 Å². The number of carbonyl (C=O) groups excluding carboxylic acids is 1. The van der Waals surface area contributed by atoms with Crippen molar-refractivity contribution in [3.05, 3.63) is 67.9 Å². The first-order valence-corrected chi connectivity index (χ1v) is 10.8. The molecule has 0 fully saturated rings. The number of hydrogen-bond acceptors (Lipinski definition) is 6. The molecular weight excluding hydrogens is 435 g/mol. The summed E-state index contributed by atoms with van der Waals surface area (Å²) < 4.78 is 19.6. The van der Waals surface area contributed by atoms with Crippen molar-refractivity contribution in [3.8, 4) is 10.4 Å². The van der Waals surface area contributed by atoms with Crippen molar-refractivity contribution in [2.45, 2.75) is 20.4 Å². The van der Waals surface area contributed by atoms with Crippen molar-refractivity contribution < 1.29 is 13.9 Å². The van der Waals surface area contributed by atoms with E-state index in [2.05, 4.69) is 4.98 Å². The number of methoxy groups -OCH3 is 1. The number of halogens is 1. The number of nitrogens with zero attached hydrogens (tertiary/aromatic N) is 2. The van der Waals surface area contributed by atoms with Gasteiger partial charge < -0.3 is 10.5 Å². The first kappa shape index (κ1) is 23.4. The second kappa shape index (κ2) is 9.92. The Hall–Kier alpha value is -3.24. The molecule has 0 atom stereocenters. The molecule has 0 aliphatic carbocycles. The Morgan fingerprint density at radius 1 is 1.22 bits per heavy atom. The molecule has 0 aliphatic heterocycles. The molecule has 3 aromatic rings. The summed E-state index contributed by atoms with van der Waals surface area (Å²) in [7, 11) is 1.48. The topological polar surface area (TPSA) is 110 Å². The Morgan fingerprint density at radius 3 is 2.53 bits per heavy atom. The highest BCUT2D eigenvalue weighted by atomic mass is 32.1. The van der Waals surface area contributed by atoms with Gasteiger partial charge in [0.2, 0.25) is 0 Å². The molecule has 10 heteroatoms. The SMILES string of the molecule is COCCN(C(=O)c1ccc(-c2ccc(F)cc2)s1)c1c(N)n(CC(C)C)c(=O)[nH]c1=O. The third-order valence-electron chi connectivity index (χ3n) is 4.74. The summed E-state index contributed by atoms with van der Waals surface area (Å²) in [6, 6.07) is 9.34. The maximum atomic E-state index is 13.4. The average molecular weight is 461 g/mol. The van der Waals surface area contributed by atoms with Crippen molar-refractivity contribution in [1.82, 2.24) is 9.55 Å². The number of aromatic amines is 1. The van der Waals surface area contributed by atoms with Gasteiger partial charge in [-0.2, -0.15) is 0 Å². The maximum Gasteiger partial charge on any atom is 0.330 e. The van der Waals surface area contributed by atoms with Gasteiger partial charge in [0.15, 0.2) is 5.69 Å². The Labute approximate surface area is 188 Å². The lowest BCUT2D eigenvalue weighted by Gasteiger charge is -2.24. The van der Waals surface area contributed by atoms with Crippen LogP contribution in [0.15, 0.2) is 46.0 Å². The van der Waals surface area contributed by atoms with Gasteiger partial charge in [0.05, 0.1) is 11.5 Å². The fraction of sp³-hybridized carbons (Fsp3) is 0.318. The molecule has 2 aromatic heterocycles. The lowest BCUT2D eigenvalue weighted by molar-refractivity contribution is 0.0979. The number of thiophene rings is 1. The summed E-state index contributed by atoms with van der Waals surface area (Å²) in [5.74, 6) is -0.786. The van der Waals surface area contributed by atoms with Crippen LogP contribution in [0.25, 0.3) is 10.4 Å². The Morgan fingerprint density at radius 2 is 1.91 bits per heavy atom. The Balaban J connectivity index is 2.04. The summed E-state index contributed by atoms with van der Waals surface area (Å²) in [4.78, 5) is 43.0. The molecule has 0 saturated heterocycles. The number of rotatable bonds is 8. The lowest BCUT2D eigenvalue weighted by Crippen LogP contribution is -2.42. The molecule has 0 aliphatic rings. The summed E-state index contributed by atoms with van der Waals surface area (Å²) in [6.07, 6.45) is 0. The summed E-state index contributed by atoms with van der Waals surface area (Å²) in [5.41, 5.74) is 5.51. The first-order valence-electron chi connectivity index (χ1n) is 10.0. The molecule has 3 rings (SSSR count).